The van der Waals surface area contributed by atoms with Crippen LogP contribution in [0.4, 0.5) is 0 Å². The summed E-state index contributed by atoms with van der Waals surface area (Å²) in [5.41, 5.74) is 6.76. The van der Waals surface area contributed by atoms with Crippen molar-refractivity contribution in [1.82, 2.24) is 0 Å². The molecule has 0 heterocycles. The summed E-state index contributed by atoms with van der Waals surface area (Å²) in [6, 6.07) is 32.7. The van der Waals surface area contributed by atoms with Crippen LogP contribution in [0, 0.1) is 13.8 Å². The van der Waals surface area contributed by atoms with Crippen molar-refractivity contribution in [3.63, 3.8) is 0 Å². The van der Waals surface area contributed by atoms with Crippen molar-refractivity contribution in [1.29, 1.82) is 0 Å². The Bertz CT molecular complexity index is 1250. The fraction of sp³-hybridized carbons (Fsp3) is 0.226. The molecule has 5 aromatic carbocycles. The summed E-state index contributed by atoms with van der Waals surface area (Å²) in [7, 11) is 11.0. The van der Waals surface area contributed by atoms with E-state index < -0.39 is 20.8 Å². The maximum atomic E-state index is 4.93. The van der Waals surface area contributed by atoms with Gasteiger partial charge in [0.1, 0.15) is 0 Å². The summed E-state index contributed by atoms with van der Waals surface area (Å²) >= 11 is -0.826. The first-order valence-corrected chi connectivity index (χ1v) is 20.1. The first-order valence-electron chi connectivity index (χ1n) is 11.8. The van der Waals surface area contributed by atoms with Gasteiger partial charge in [-0.2, -0.15) is 12.1 Å². The zero-order valence-electron chi connectivity index (χ0n) is 21.5. The minimum atomic E-state index is -0.826. The third-order valence-electron chi connectivity index (χ3n) is 5.64. The Hall–Kier alpha value is -1.44. The van der Waals surface area contributed by atoms with Crippen LogP contribution in [0.1, 0.15) is 36.5 Å². The number of halogens is 2. The van der Waals surface area contributed by atoms with Gasteiger partial charge in [-0.05, 0) is 11.5 Å². The van der Waals surface area contributed by atoms with Crippen molar-refractivity contribution < 1.29 is 20.8 Å². The summed E-state index contributed by atoms with van der Waals surface area (Å²) in [6.07, 6.45) is 0. The van der Waals surface area contributed by atoms with Crippen LogP contribution in [0.3, 0.4) is 0 Å². The van der Waals surface area contributed by atoms with Gasteiger partial charge in [-0.1, -0.05) is 88.8 Å². The topological polar surface area (TPSA) is 0 Å². The van der Waals surface area contributed by atoms with Crippen LogP contribution >= 0.6 is 17.0 Å². The van der Waals surface area contributed by atoms with E-state index in [4.69, 9.17) is 17.0 Å². The predicted octanol–water partition coefficient (Wildman–Crippen LogP) is 10.7. The average molecular weight is 597 g/mol. The second-order valence-electron chi connectivity index (χ2n) is 8.80. The number of hydrogen-bond donors (Lipinski definition) is 0. The molecule has 0 aliphatic heterocycles. The summed E-state index contributed by atoms with van der Waals surface area (Å²) in [5, 5.41) is 5.47. The zero-order valence-corrected chi connectivity index (χ0v) is 26.5. The number of fused-ring (bicyclic) bond motifs is 2. The van der Waals surface area contributed by atoms with Crippen LogP contribution < -0.4 is 0 Å². The molecule has 0 nitrogen and oxygen atoms in total. The first kappa shape index (κ1) is 29.8. The van der Waals surface area contributed by atoms with Crippen LogP contribution in [-0.4, -0.2) is 9.52 Å². The Labute approximate surface area is 232 Å². The van der Waals surface area contributed by atoms with E-state index in [9.17, 15) is 0 Å². The second-order valence-corrected chi connectivity index (χ2v) is 13.5. The molecule has 0 saturated heterocycles. The number of aryl methyl sites for hydroxylation is 2. The van der Waals surface area contributed by atoms with Gasteiger partial charge in [-0.15, -0.1) is 74.6 Å². The summed E-state index contributed by atoms with van der Waals surface area (Å²) in [5.74, 6) is 0.636. The van der Waals surface area contributed by atoms with Gasteiger partial charge < -0.3 is 0 Å². The average Bonchev–Trinajstić information content (AvgIpc) is 3.46. The molecule has 180 valence electrons. The van der Waals surface area contributed by atoms with E-state index in [0.717, 1.165) is 9.52 Å². The van der Waals surface area contributed by atoms with Crippen molar-refractivity contribution in [3.05, 3.63) is 108 Å². The molecule has 0 atom stereocenters. The minimum absolute atomic E-state index is 0.636. The van der Waals surface area contributed by atoms with Crippen LogP contribution in [0.25, 0.3) is 32.7 Å². The molecule has 0 aliphatic rings. The van der Waals surface area contributed by atoms with E-state index in [1.807, 2.05) is 0 Å². The van der Waals surface area contributed by atoms with Gasteiger partial charge in [0, 0.05) is 9.52 Å². The maximum absolute atomic E-state index is 4.93. The number of benzene rings is 3. The van der Waals surface area contributed by atoms with Crippen LogP contribution in [0.2, 0.25) is 13.1 Å². The predicted molar refractivity (Wildman–Crippen MR) is 157 cm³/mol. The molecule has 0 unspecified atom stereocenters. The van der Waals surface area contributed by atoms with Gasteiger partial charge in [0.25, 0.3) is 0 Å². The van der Waals surface area contributed by atoms with Gasteiger partial charge >= 0.3 is 37.9 Å². The molecular weight excluding hydrogens is 563 g/mol. The van der Waals surface area contributed by atoms with Crippen molar-refractivity contribution in [2.45, 2.75) is 46.7 Å². The van der Waals surface area contributed by atoms with Gasteiger partial charge in [0.2, 0.25) is 0 Å². The Morgan fingerprint density at radius 3 is 2.00 bits per heavy atom. The molecule has 2 radical (unpaired) electrons. The standard InChI is InChI=1S/C17H15.C12H13.C2H6Si.2ClH.Zr/c1-12-10-16-13(2)8-9-15(17(16)11-12)14-6-4-3-5-7-14;1-9(2)12-7-10-5-3-4-6-11(10)8-12;1-3-2;;;/h3-11H,1-2H3;3-9H,1-2H3;1-2H3;2*1H;/q2*-1;;;;+4/p-2. The molecular formula is C31H34Cl2SiZr. The molecule has 0 aliphatic carbocycles. The summed E-state index contributed by atoms with van der Waals surface area (Å²) in [6.45, 7) is 13.1. The molecule has 4 heteroatoms. The molecule has 35 heavy (non-hydrogen) atoms. The molecule has 0 spiro atoms. The van der Waals surface area contributed by atoms with E-state index in [2.05, 4.69) is 132 Å². The van der Waals surface area contributed by atoms with E-state index in [1.54, 1.807) is 0 Å². The fourth-order valence-electron chi connectivity index (χ4n) is 3.97. The molecule has 0 saturated carbocycles. The van der Waals surface area contributed by atoms with E-state index in [0.29, 0.717) is 5.92 Å². The third-order valence-corrected chi connectivity index (χ3v) is 5.64. The van der Waals surface area contributed by atoms with Gasteiger partial charge in [-0.3, -0.25) is 0 Å². The SMILES string of the molecule is CC(C)c1cc2ccccc2[cH-]1.C[Si]C.Cc1cc2c(-c3ccccc3)ccc(C)c2[cH-]1.[Cl][Zr+2][Cl]. The Morgan fingerprint density at radius 1 is 0.800 bits per heavy atom. The number of hydrogen-bond acceptors (Lipinski definition) is 0. The van der Waals surface area contributed by atoms with Crippen LogP contribution in [0.5, 0.6) is 0 Å². The van der Waals surface area contributed by atoms with Crippen molar-refractivity contribution in [3.8, 4) is 11.1 Å². The number of rotatable bonds is 2. The zero-order chi connectivity index (χ0) is 25.8. The molecule has 0 fully saturated rings. The van der Waals surface area contributed by atoms with Crippen LogP contribution in [0.15, 0.2) is 91.0 Å². The van der Waals surface area contributed by atoms with Crippen molar-refractivity contribution in [2.24, 2.45) is 0 Å². The van der Waals surface area contributed by atoms with Crippen molar-refractivity contribution >= 4 is 48.1 Å². The molecule has 0 aromatic heterocycles. The third kappa shape index (κ3) is 8.87. The Kier molecular flexibility index (Phi) is 13.3. The Balaban J connectivity index is 0.000000209. The molecule has 0 bridgehead atoms. The van der Waals surface area contributed by atoms with Gasteiger partial charge in [0.05, 0.1) is 0 Å². The van der Waals surface area contributed by atoms with Crippen molar-refractivity contribution in [2.75, 3.05) is 0 Å². The quantitative estimate of drug-likeness (QED) is 0.140. The first-order chi connectivity index (χ1) is 16.9. The second kappa shape index (κ2) is 15.6. The molecule has 0 N–H and O–H groups in total. The molecule has 5 rings (SSSR count). The van der Waals surface area contributed by atoms with Gasteiger partial charge in [0.15, 0.2) is 0 Å². The fourth-order valence-corrected chi connectivity index (χ4v) is 3.97. The van der Waals surface area contributed by atoms with E-state index in [-0.39, 0.29) is 0 Å². The van der Waals surface area contributed by atoms with E-state index >= 15 is 0 Å². The Morgan fingerprint density at radius 2 is 1.40 bits per heavy atom. The van der Waals surface area contributed by atoms with E-state index in [1.165, 1.54) is 49.4 Å². The molecule has 0 amide bonds. The summed E-state index contributed by atoms with van der Waals surface area (Å²) in [4.78, 5) is 0. The van der Waals surface area contributed by atoms with Crippen LogP contribution in [-0.2, 0) is 20.8 Å². The monoisotopic (exact) mass is 594 g/mol. The van der Waals surface area contributed by atoms with Gasteiger partial charge in [-0.25, -0.2) is 0 Å². The summed E-state index contributed by atoms with van der Waals surface area (Å²) < 4.78 is 0. The molecule has 5 aromatic rings. The normalized spacial score (nSPS) is 9.97.